The maximum Gasteiger partial charge on any atom is 0.254 e. The molecule has 3 rings (SSSR count). The van der Waals surface area contributed by atoms with Crippen molar-refractivity contribution < 1.29 is 0 Å². The SMILES string of the molecule is Cc1c(-c2ccccc2)nc(-c2cncs2)[nH]c1=O. The van der Waals surface area contributed by atoms with Crippen LogP contribution in [0.2, 0.25) is 0 Å². The van der Waals surface area contributed by atoms with E-state index >= 15 is 0 Å². The predicted molar refractivity (Wildman–Crippen MR) is 76.1 cm³/mol. The van der Waals surface area contributed by atoms with Crippen LogP contribution in [0.25, 0.3) is 22.0 Å². The van der Waals surface area contributed by atoms with Crippen molar-refractivity contribution in [2.24, 2.45) is 0 Å². The van der Waals surface area contributed by atoms with Crippen molar-refractivity contribution in [3.05, 3.63) is 58.0 Å². The maximum atomic E-state index is 12.0. The van der Waals surface area contributed by atoms with E-state index in [0.717, 1.165) is 10.4 Å². The van der Waals surface area contributed by atoms with Gasteiger partial charge >= 0.3 is 0 Å². The van der Waals surface area contributed by atoms with E-state index in [-0.39, 0.29) is 5.56 Å². The second-order valence-corrected chi connectivity index (χ2v) is 5.01. The molecule has 19 heavy (non-hydrogen) atoms. The smallest absolute Gasteiger partial charge is 0.254 e. The summed E-state index contributed by atoms with van der Waals surface area (Å²) in [4.78, 5) is 24.2. The summed E-state index contributed by atoms with van der Waals surface area (Å²) in [6, 6.07) is 9.71. The fourth-order valence-electron chi connectivity index (χ4n) is 1.86. The lowest BCUT2D eigenvalue weighted by Gasteiger charge is -2.06. The third-order valence-corrected chi connectivity index (χ3v) is 3.64. The van der Waals surface area contributed by atoms with Gasteiger partial charge in [0.25, 0.3) is 5.56 Å². The van der Waals surface area contributed by atoms with Gasteiger partial charge in [-0.25, -0.2) is 4.98 Å². The van der Waals surface area contributed by atoms with Crippen molar-refractivity contribution in [2.75, 3.05) is 0 Å². The lowest BCUT2D eigenvalue weighted by molar-refractivity contribution is 1.10. The minimum Gasteiger partial charge on any atom is -0.306 e. The molecule has 0 aliphatic carbocycles. The molecule has 3 aromatic rings. The molecular weight excluding hydrogens is 258 g/mol. The fraction of sp³-hybridized carbons (Fsp3) is 0.0714. The van der Waals surface area contributed by atoms with Gasteiger partial charge in [-0.05, 0) is 6.92 Å². The predicted octanol–water partition coefficient (Wildman–Crippen LogP) is 2.87. The summed E-state index contributed by atoms with van der Waals surface area (Å²) in [5, 5.41) is 0. The molecule has 0 amide bonds. The summed E-state index contributed by atoms with van der Waals surface area (Å²) in [5.74, 6) is 0.567. The molecule has 2 heterocycles. The first-order valence-corrected chi connectivity index (χ1v) is 6.69. The molecule has 1 aromatic carbocycles. The molecule has 0 aliphatic rings. The molecule has 4 nitrogen and oxygen atoms in total. The molecular formula is C14H11N3OS. The normalized spacial score (nSPS) is 10.6. The van der Waals surface area contributed by atoms with Gasteiger partial charge in [-0.2, -0.15) is 0 Å². The first kappa shape index (κ1) is 11.8. The van der Waals surface area contributed by atoms with Crippen LogP contribution in [-0.4, -0.2) is 15.0 Å². The molecule has 0 fully saturated rings. The van der Waals surface area contributed by atoms with E-state index < -0.39 is 0 Å². The number of hydrogen-bond acceptors (Lipinski definition) is 4. The number of benzene rings is 1. The molecule has 0 saturated heterocycles. The lowest BCUT2D eigenvalue weighted by atomic mass is 10.1. The zero-order valence-corrected chi connectivity index (χ0v) is 11.1. The number of nitrogens with zero attached hydrogens (tertiary/aromatic N) is 2. The average molecular weight is 269 g/mol. The third kappa shape index (κ3) is 2.20. The Kier molecular flexibility index (Phi) is 2.97. The van der Waals surface area contributed by atoms with Gasteiger partial charge < -0.3 is 4.98 Å². The summed E-state index contributed by atoms with van der Waals surface area (Å²) < 4.78 is 0. The Balaban J connectivity index is 2.23. The second-order valence-electron chi connectivity index (χ2n) is 4.12. The van der Waals surface area contributed by atoms with Gasteiger partial charge in [0.2, 0.25) is 0 Å². The molecule has 94 valence electrons. The molecule has 1 N–H and O–H groups in total. The van der Waals surface area contributed by atoms with E-state index in [1.54, 1.807) is 18.6 Å². The van der Waals surface area contributed by atoms with Gasteiger partial charge in [0.15, 0.2) is 5.82 Å². The van der Waals surface area contributed by atoms with Crippen LogP contribution in [0.1, 0.15) is 5.56 Å². The fourth-order valence-corrected chi connectivity index (χ4v) is 2.42. The molecule has 0 bridgehead atoms. The van der Waals surface area contributed by atoms with E-state index in [2.05, 4.69) is 15.0 Å². The van der Waals surface area contributed by atoms with E-state index in [1.165, 1.54) is 11.3 Å². The molecule has 0 atom stereocenters. The minimum absolute atomic E-state index is 0.114. The second kappa shape index (κ2) is 4.78. The Labute approximate surface area is 113 Å². The summed E-state index contributed by atoms with van der Waals surface area (Å²) >= 11 is 1.45. The topological polar surface area (TPSA) is 58.6 Å². The van der Waals surface area contributed by atoms with Crippen LogP contribution in [0.3, 0.4) is 0 Å². The molecule has 0 spiro atoms. The molecule has 2 aromatic heterocycles. The van der Waals surface area contributed by atoms with Crippen LogP contribution >= 0.6 is 11.3 Å². The van der Waals surface area contributed by atoms with Gasteiger partial charge in [-0.15, -0.1) is 11.3 Å². The van der Waals surface area contributed by atoms with Crippen LogP contribution in [-0.2, 0) is 0 Å². The number of aromatic amines is 1. The summed E-state index contributed by atoms with van der Waals surface area (Å²) in [6.07, 6.45) is 1.70. The minimum atomic E-state index is -0.114. The summed E-state index contributed by atoms with van der Waals surface area (Å²) in [6.45, 7) is 1.78. The monoisotopic (exact) mass is 269 g/mol. The zero-order chi connectivity index (χ0) is 13.2. The first-order chi connectivity index (χ1) is 9.25. The zero-order valence-electron chi connectivity index (χ0n) is 10.3. The van der Waals surface area contributed by atoms with E-state index in [9.17, 15) is 4.79 Å². The highest BCUT2D eigenvalue weighted by molar-refractivity contribution is 7.13. The van der Waals surface area contributed by atoms with Crippen LogP contribution in [0, 0.1) is 6.92 Å². The lowest BCUT2D eigenvalue weighted by Crippen LogP contribution is -2.13. The summed E-state index contributed by atoms with van der Waals surface area (Å²) in [7, 11) is 0. The number of hydrogen-bond donors (Lipinski definition) is 1. The Morgan fingerprint density at radius 2 is 2.00 bits per heavy atom. The molecule has 0 aliphatic heterocycles. The van der Waals surface area contributed by atoms with E-state index in [0.29, 0.717) is 17.1 Å². The quantitative estimate of drug-likeness (QED) is 0.778. The number of nitrogens with one attached hydrogen (secondary N) is 1. The summed E-state index contributed by atoms with van der Waals surface area (Å²) in [5.41, 5.74) is 3.89. The van der Waals surface area contributed by atoms with Crippen LogP contribution in [0.4, 0.5) is 0 Å². The molecule has 0 saturated carbocycles. The van der Waals surface area contributed by atoms with Gasteiger partial charge in [0, 0.05) is 17.3 Å². The Bertz CT molecular complexity index is 748. The Hall–Kier alpha value is -2.27. The molecule has 0 radical (unpaired) electrons. The van der Waals surface area contributed by atoms with Crippen LogP contribution in [0.5, 0.6) is 0 Å². The van der Waals surface area contributed by atoms with Crippen molar-refractivity contribution in [1.29, 1.82) is 0 Å². The van der Waals surface area contributed by atoms with Gasteiger partial charge in [-0.1, -0.05) is 30.3 Å². The largest absolute Gasteiger partial charge is 0.306 e. The van der Waals surface area contributed by atoms with Crippen molar-refractivity contribution >= 4 is 11.3 Å². The number of rotatable bonds is 2. The highest BCUT2D eigenvalue weighted by Gasteiger charge is 2.11. The highest BCUT2D eigenvalue weighted by atomic mass is 32.1. The number of aromatic nitrogens is 3. The van der Waals surface area contributed by atoms with Crippen molar-refractivity contribution in [3.63, 3.8) is 0 Å². The van der Waals surface area contributed by atoms with Gasteiger partial charge in [-0.3, -0.25) is 9.78 Å². The Morgan fingerprint density at radius 3 is 2.68 bits per heavy atom. The van der Waals surface area contributed by atoms with Gasteiger partial charge in [0.05, 0.1) is 16.1 Å². The third-order valence-electron chi connectivity index (χ3n) is 2.86. The van der Waals surface area contributed by atoms with E-state index in [1.807, 2.05) is 30.3 Å². The number of thiazole rings is 1. The van der Waals surface area contributed by atoms with Crippen LogP contribution < -0.4 is 5.56 Å². The van der Waals surface area contributed by atoms with Crippen molar-refractivity contribution in [1.82, 2.24) is 15.0 Å². The van der Waals surface area contributed by atoms with Crippen LogP contribution in [0.15, 0.2) is 46.8 Å². The molecule has 0 unspecified atom stereocenters. The maximum absolute atomic E-state index is 12.0. The van der Waals surface area contributed by atoms with E-state index in [4.69, 9.17) is 0 Å². The van der Waals surface area contributed by atoms with Gasteiger partial charge in [0.1, 0.15) is 0 Å². The van der Waals surface area contributed by atoms with Crippen molar-refractivity contribution in [3.8, 4) is 22.0 Å². The highest BCUT2D eigenvalue weighted by Crippen LogP contribution is 2.23. The molecule has 5 heteroatoms. The Morgan fingerprint density at radius 1 is 1.21 bits per heavy atom. The standard InChI is InChI=1S/C14H11N3OS/c1-9-12(10-5-3-2-4-6-10)16-13(17-14(9)18)11-7-15-8-19-11/h2-8H,1H3,(H,16,17,18). The number of H-pyrrole nitrogens is 1. The van der Waals surface area contributed by atoms with Crippen molar-refractivity contribution in [2.45, 2.75) is 6.92 Å². The average Bonchev–Trinajstić information content (AvgIpc) is 2.97. The first-order valence-electron chi connectivity index (χ1n) is 5.81.